The Morgan fingerprint density at radius 1 is 1.12 bits per heavy atom. The lowest BCUT2D eigenvalue weighted by Gasteiger charge is -2.10. The zero-order chi connectivity index (χ0) is 18.2. The van der Waals surface area contributed by atoms with E-state index in [1.54, 1.807) is 29.8 Å². The van der Waals surface area contributed by atoms with Gasteiger partial charge in [-0.1, -0.05) is 19.8 Å². The van der Waals surface area contributed by atoms with Crippen molar-refractivity contribution in [1.82, 2.24) is 4.57 Å². The number of hydrogen-bond acceptors (Lipinski definition) is 3. The number of unbranched alkanes of at least 4 members (excludes halogenated alkanes) is 3. The summed E-state index contributed by atoms with van der Waals surface area (Å²) in [6.07, 6.45) is 7.08. The summed E-state index contributed by atoms with van der Waals surface area (Å²) >= 11 is 0. The van der Waals surface area contributed by atoms with Crippen LogP contribution in [0.25, 0.3) is 10.8 Å². The zero-order valence-corrected chi connectivity index (χ0v) is 15.2. The Morgan fingerprint density at radius 2 is 1.84 bits per heavy atom. The van der Waals surface area contributed by atoms with E-state index in [-0.39, 0.29) is 5.56 Å². The first-order chi connectivity index (χ1) is 12.1. The highest BCUT2D eigenvalue weighted by Crippen LogP contribution is 2.16. The summed E-state index contributed by atoms with van der Waals surface area (Å²) in [5, 5.41) is 10.5. The molecule has 0 spiro atoms. The van der Waals surface area contributed by atoms with Gasteiger partial charge in [-0.15, -0.1) is 0 Å². The van der Waals surface area contributed by atoms with Gasteiger partial charge in [0.1, 0.15) is 5.78 Å². The number of Topliss-reactive ketones (excluding diaryl/α,β-unsaturated/α-hetero) is 1. The average Bonchev–Trinajstić information content (AvgIpc) is 2.62. The normalized spacial score (nSPS) is 10.8. The molecule has 0 aliphatic carbocycles. The molecule has 0 amide bonds. The van der Waals surface area contributed by atoms with E-state index in [4.69, 9.17) is 5.26 Å². The summed E-state index contributed by atoms with van der Waals surface area (Å²) in [4.78, 5) is 24.3. The van der Waals surface area contributed by atoms with Crippen LogP contribution < -0.4 is 5.56 Å². The molecule has 0 bridgehead atoms. The Kier molecular flexibility index (Phi) is 6.94. The minimum atomic E-state index is -0.0346. The van der Waals surface area contributed by atoms with E-state index in [0.717, 1.165) is 49.6 Å². The molecule has 0 aliphatic heterocycles. The van der Waals surface area contributed by atoms with Crippen LogP contribution in [-0.2, 0) is 18.3 Å². The van der Waals surface area contributed by atoms with E-state index < -0.39 is 0 Å². The largest absolute Gasteiger partial charge is 0.315 e. The van der Waals surface area contributed by atoms with Gasteiger partial charge in [0.2, 0.25) is 0 Å². The number of ketones is 1. The molecular weight excluding hydrogens is 312 g/mol. The molecule has 2 rings (SSSR count). The Morgan fingerprint density at radius 3 is 2.52 bits per heavy atom. The monoisotopic (exact) mass is 338 g/mol. The van der Waals surface area contributed by atoms with Crippen LogP contribution in [0.15, 0.2) is 29.1 Å². The van der Waals surface area contributed by atoms with Crippen molar-refractivity contribution >= 4 is 16.6 Å². The van der Waals surface area contributed by atoms with E-state index in [9.17, 15) is 9.59 Å². The van der Waals surface area contributed by atoms with Crippen molar-refractivity contribution in [2.75, 3.05) is 0 Å². The van der Waals surface area contributed by atoms with Crippen molar-refractivity contribution in [2.24, 2.45) is 7.05 Å². The van der Waals surface area contributed by atoms with E-state index >= 15 is 0 Å². The Bertz CT molecular complexity index is 843. The summed E-state index contributed by atoms with van der Waals surface area (Å²) in [6, 6.07) is 9.25. The lowest BCUT2D eigenvalue weighted by Crippen LogP contribution is -2.20. The zero-order valence-electron chi connectivity index (χ0n) is 15.2. The van der Waals surface area contributed by atoms with Crippen molar-refractivity contribution in [3.63, 3.8) is 0 Å². The van der Waals surface area contributed by atoms with Gasteiger partial charge >= 0.3 is 0 Å². The number of fused-ring (bicyclic) bond motifs is 1. The maximum atomic E-state index is 12.5. The number of nitriles is 1. The van der Waals surface area contributed by atoms with Gasteiger partial charge in [0.25, 0.3) is 5.56 Å². The topological polar surface area (TPSA) is 62.9 Å². The minimum Gasteiger partial charge on any atom is -0.315 e. The third-order valence-electron chi connectivity index (χ3n) is 4.67. The fraction of sp³-hybridized carbons (Fsp3) is 0.476. The summed E-state index contributed by atoms with van der Waals surface area (Å²) in [5.74, 6) is 0.347. The fourth-order valence-corrected chi connectivity index (χ4v) is 3.10. The molecule has 0 atom stereocenters. The van der Waals surface area contributed by atoms with Crippen molar-refractivity contribution in [2.45, 2.75) is 58.3 Å². The molecule has 1 heterocycles. The number of benzene rings is 1. The molecule has 1 aromatic carbocycles. The van der Waals surface area contributed by atoms with Crippen LogP contribution >= 0.6 is 0 Å². The highest BCUT2D eigenvalue weighted by Gasteiger charge is 2.08. The minimum absolute atomic E-state index is 0.0346. The Balaban J connectivity index is 1.99. The predicted molar refractivity (Wildman–Crippen MR) is 101 cm³/mol. The fourth-order valence-electron chi connectivity index (χ4n) is 3.10. The lowest BCUT2D eigenvalue weighted by atomic mass is 10.0. The number of carbonyl (C=O) groups is 1. The first-order valence-corrected chi connectivity index (χ1v) is 9.11. The number of nitrogens with zero attached hydrogens (tertiary/aromatic N) is 2. The number of hydrogen-bond donors (Lipinski definition) is 0. The molecule has 0 unspecified atom stereocenters. The standard InChI is InChI=1S/C21H26N2O2/c1-3-4-5-9-19(24)10-7-6-8-18-14-17-13-16(15-22)11-12-20(17)21(25)23(18)2/h11-14H,3-10H2,1-2H3. The Hall–Kier alpha value is -2.41. The highest BCUT2D eigenvalue weighted by atomic mass is 16.1. The second kappa shape index (κ2) is 9.17. The van der Waals surface area contributed by atoms with Gasteiger partial charge in [-0.2, -0.15) is 5.26 Å². The number of pyridine rings is 1. The summed E-state index contributed by atoms with van der Waals surface area (Å²) in [5.41, 5.74) is 1.48. The van der Waals surface area contributed by atoms with Crippen LogP contribution in [0.1, 0.15) is 63.1 Å². The summed E-state index contributed by atoms with van der Waals surface area (Å²) < 4.78 is 1.68. The summed E-state index contributed by atoms with van der Waals surface area (Å²) in [7, 11) is 1.78. The van der Waals surface area contributed by atoms with E-state index in [0.29, 0.717) is 29.6 Å². The third kappa shape index (κ3) is 5.03. The predicted octanol–water partition coefficient (Wildman–Crippen LogP) is 4.27. The van der Waals surface area contributed by atoms with E-state index in [2.05, 4.69) is 13.0 Å². The molecule has 1 aromatic heterocycles. The molecule has 0 radical (unpaired) electrons. The second-order valence-electron chi connectivity index (χ2n) is 6.62. The van der Waals surface area contributed by atoms with Crippen molar-refractivity contribution in [1.29, 1.82) is 5.26 Å². The molecule has 25 heavy (non-hydrogen) atoms. The van der Waals surface area contributed by atoms with Crippen molar-refractivity contribution < 1.29 is 4.79 Å². The third-order valence-corrected chi connectivity index (χ3v) is 4.67. The van der Waals surface area contributed by atoms with Crippen molar-refractivity contribution in [3.8, 4) is 6.07 Å². The maximum Gasteiger partial charge on any atom is 0.258 e. The number of carbonyl (C=O) groups excluding carboxylic acids is 1. The molecule has 0 saturated heterocycles. The lowest BCUT2D eigenvalue weighted by molar-refractivity contribution is -0.119. The maximum absolute atomic E-state index is 12.5. The highest BCUT2D eigenvalue weighted by molar-refractivity contribution is 5.83. The van der Waals surface area contributed by atoms with Crippen LogP contribution in [0.4, 0.5) is 0 Å². The van der Waals surface area contributed by atoms with Gasteiger partial charge in [0.05, 0.1) is 11.6 Å². The second-order valence-corrected chi connectivity index (χ2v) is 6.62. The van der Waals surface area contributed by atoms with Gasteiger partial charge < -0.3 is 4.57 Å². The van der Waals surface area contributed by atoms with Gasteiger partial charge in [-0.25, -0.2) is 0 Å². The van der Waals surface area contributed by atoms with Crippen molar-refractivity contribution in [3.05, 3.63) is 45.9 Å². The SMILES string of the molecule is CCCCCC(=O)CCCCc1cc2cc(C#N)ccc2c(=O)n1C. The summed E-state index contributed by atoms with van der Waals surface area (Å²) in [6.45, 7) is 2.14. The number of aryl methyl sites for hydroxylation is 1. The number of aromatic nitrogens is 1. The van der Waals surface area contributed by atoms with Crippen LogP contribution in [0.2, 0.25) is 0 Å². The molecular formula is C21H26N2O2. The molecule has 2 aromatic rings. The first kappa shape index (κ1) is 18.9. The molecule has 4 nitrogen and oxygen atoms in total. The van der Waals surface area contributed by atoms with Crippen LogP contribution in [0, 0.1) is 11.3 Å². The first-order valence-electron chi connectivity index (χ1n) is 9.11. The molecule has 0 fully saturated rings. The van der Waals surface area contributed by atoms with Gasteiger partial charge in [-0.3, -0.25) is 9.59 Å². The van der Waals surface area contributed by atoms with Crippen LogP contribution in [-0.4, -0.2) is 10.4 Å². The quantitative estimate of drug-likeness (QED) is 0.641. The average molecular weight is 338 g/mol. The molecule has 0 aliphatic rings. The van der Waals surface area contributed by atoms with Gasteiger partial charge in [0.15, 0.2) is 0 Å². The molecule has 0 N–H and O–H groups in total. The Labute approximate surface area is 149 Å². The van der Waals surface area contributed by atoms with E-state index in [1.807, 2.05) is 6.07 Å². The van der Waals surface area contributed by atoms with Crippen LogP contribution in [0.3, 0.4) is 0 Å². The van der Waals surface area contributed by atoms with Crippen LogP contribution in [0.5, 0.6) is 0 Å². The molecule has 0 saturated carbocycles. The van der Waals surface area contributed by atoms with Gasteiger partial charge in [-0.05, 0) is 55.3 Å². The smallest absolute Gasteiger partial charge is 0.258 e. The van der Waals surface area contributed by atoms with Gasteiger partial charge in [0, 0.05) is 31.0 Å². The van der Waals surface area contributed by atoms with E-state index in [1.165, 1.54) is 0 Å². The molecule has 4 heteroatoms. The molecule has 132 valence electrons. The number of rotatable bonds is 9.